The molecule has 0 spiro atoms. The molecule has 2 nitrogen and oxygen atoms in total. The Hall–Kier alpha value is -0.280. The number of hydrogen-bond donors (Lipinski definition) is 1. The smallest absolute Gasteiger partial charge is 0.0455 e. The molecule has 0 aliphatic carbocycles. The lowest BCUT2D eigenvalue weighted by atomic mass is 9.93. The van der Waals surface area contributed by atoms with Gasteiger partial charge in [-0.3, -0.25) is 4.90 Å². The molecular formula is C15H22Cl2N2. The van der Waals surface area contributed by atoms with Crippen molar-refractivity contribution < 1.29 is 0 Å². The topological polar surface area (TPSA) is 15.3 Å². The number of likely N-dealkylation sites (tertiary alicyclic amines) is 1. The van der Waals surface area contributed by atoms with Crippen LogP contribution in [0.25, 0.3) is 0 Å². The Balaban J connectivity index is 2.21. The van der Waals surface area contributed by atoms with E-state index in [4.69, 9.17) is 23.2 Å². The molecular weight excluding hydrogens is 279 g/mol. The molecule has 106 valence electrons. The molecule has 0 amide bonds. The predicted octanol–water partition coefficient (Wildman–Crippen LogP) is 3.98. The van der Waals surface area contributed by atoms with Crippen LogP contribution < -0.4 is 5.32 Å². The molecule has 1 aliphatic heterocycles. The van der Waals surface area contributed by atoms with Gasteiger partial charge in [0.1, 0.15) is 0 Å². The van der Waals surface area contributed by atoms with Crippen molar-refractivity contribution in [2.75, 3.05) is 20.1 Å². The van der Waals surface area contributed by atoms with Crippen LogP contribution in [0.3, 0.4) is 0 Å². The number of hydrogen-bond acceptors (Lipinski definition) is 2. The van der Waals surface area contributed by atoms with E-state index in [0.29, 0.717) is 18.0 Å². The van der Waals surface area contributed by atoms with Gasteiger partial charge in [0.05, 0.1) is 0 Å². The minimum Gasteiger partial charge on any atom is -0.314 e. The molecule has 1 aromatic carbocycles. The average molecular weight is 301 g/mol. The van der Waals surface area contributed by atoms with Crippen molar-refractivity contribution >= 4 is 23.2 Å². The molecule has 0 saturated carbocycles. The molecule has 2 rings (SSSR count). The van der Waals surface area contributed by atoms with Crippen LogP contribution in [-0.4, -0.2) is 31.1 Å². The number of benzene rings is 1. The summed E-state index contributed by atoms with van der Waals surface area (Å²) in [6, 6.07) is 6.64. The summed E-state index contributed by atoms with van der Waals surface area (Å²) in [7, 11) is 2.16. The Bertz CT molecular complexity index is 434. The average Bonchev–Trinajstić information content (AvgIpc) is 2.71. The fraction of sp³-hybridized carbons (Fsp3) is 0.600. The number of rotatable bonds is 4. The largest absolute Gasteiger partial charge is 0.314 e. The molecule has 1 N–H and O–H groups in total. The van der Waals surface area contributed by atoms with Gasteiger partial charge >= 0.3 is 0 Å². The van der Waals surface area contributed by atoms with Gasteiger partial charge in [-0.25, -0.2) is 0 Å². The second kappa shape index (κ2) is 6.45. The van der Waals surface area contributed by atoms with Crippen molar-refractivity contribution in [1.82, 2.24) is 10.2 Å². The normalized spacial score (nSPS) is 24.3. The Morgan fingerprint density at radius 3 is 2.79 bits per heavy atom. The fourth-order valence-electron chi connectivity index (χ4n) is 2.86. The highest BCUT2D eigenvalue weighted by Gasteiger charge is 2.34. The lowest BCUT2D eigenvalue weighted by Gasteiger charge is -2.27. The van der Waals surface area contributed by atoms with Gasteiger partial charge in [-0.2, -0.15) is 0 Å². The third kappa shape index (κ3) is 3.63. The van der Waals surface area contributed by atoms with Crippen LogP contribution in [0.5, 0.6) is 0 Å². The number of nitrogens with zero attached hydrogens (tertiary/aromatic N) is 1. The van der Waals surface area contributed by atoms with Gasteiger partial charge in [0.25, 0.3) is 0 Å². The Morgan fingerprint density at radius 2 is 2.11 bits per heavy atom. The van der Waals surface area contributed by atoms with Crippen molar-refractivity contribution in [2.45, 2.75) is 32.4 Å². The van der Waals surface area contributed by atoms with Crippen LogP contribution >= 0.6 is 23.2 Å². The van der Waals surface area contributed by atoms with E-state index in [9.17, 15) is 0 Å². The molecule has 1 saturated heterocycles. The molecule has 0 bridgehead atoms. The van der Waals surface area contributed by atoms with E-state index in [0.717, 1.165) is 28.7 Å². The highest BCUT2D eigenvalue weighted by Crippen LogP contribution is 2.39. The summed E-state index contributed by atoms with van der Waals surface area (Å²) < 4.78 is 0. The first-order valence-electron chi connectivity index (χ1n) is 6.87. The third-order valence-electron chi connectivity index (χ3n) is 3.84. The maximum atomic E-state index is 6.36. The van der Waals surface area contributed by atoms with Crippen LogP contribution in [0.2, 0.25) is 10.0 Å². The second-order valence-electron chi connectivity index (χ2n) is 5.70. The first-order chi connectivity index (χ1) is 8.99. The summed E-state index contributed by atoms with van der Waals surface area (Å²) in [5, 5.41) is 5.12. The molecule has 0 radical (unpaired) electrons. The molecule has 2 atom stereocenters. The van der Waals surface area contributed by atoms with Crippen LogP contribution in [0.15, 0.2) is 18.2 Å². The van der Waals surface area contributed by atoms with E-state index in [-0.39, 0.29) is 0 Å². The molecule has 19 heavy (non-hydrogen) atoms. The first kappa shape index (κ1) is 15.1. The maximum absolute atomic E-state index is 6.36. The zero-order chi connectivity index (χ0) is 14.0. The fourth-order valence-corrected chi connectivity index (χ4v) is 3.27. The van der Waals surface area contributed by atoms with E-state index in [1.54, 1.807) is 0 Å². The maximum Gasteiger partial charge on any atom is 0.0455 e. The number of halogens is 2. The van der Waals surface area contributed by atoms with Crippen molar-refractivity contribution in [1.29, 1.82) is 0 Å². The zero-order valence-electron chi connectivity index (χ0n) is 11.8. The van der Waals surface area contributed by atoms with E-state index < -0.39 is 0 Å². The van der Waals surface area contributed by atoms with E-state index in [1.807, 2.05) is 18.2 Å². The minimum atomic E-state index is 0.359. The molecule has 4 heteroatoms. The van der Waals surface area contributed by atoms with Gasteiger partial charge in [0.2, 0.25) is 0 Å². The van der Waals surface area contributed by atoms with Crippen LogP contribution in [0.4, 0.5) is 0 Å². The third-order valence-corrected chi connectivity index (χ3v) is 4.42. The highest BCUT2D eigenvalue weighted by atomic mass is 35.5. The molecule has 1 heterocycles. The lowest BCUT2D eigenvalue weighted by Crippen LogP contribution is -2.32. The molecule has 1 aliphatic rings. The van der Waals surface area contributed by atoms with E-state index in [2.05, 4.69) is 31.1 Å². The van der Waals surface area contributed by atoms with E-state index in [1.165, 1.54) is 6.42 Å². The van der Waals surface area contributed by atoms with Crippen molar-refractivity contribution in [3.8, 4) is 0 Å². The summed E-state index contributed by atoms with van der Waals surface area (Å²) in [5.74, 6) is 0.586. The summed E-state index contributed by atoms with van der Waals surface area (Å²) in [5.41, 5.74) is 1.16. The van der Waals surface area contributed by atoms with Crippen LogP contribution in [-0.2, 0) is 0 Å². The van der Waals surface area contributed by atoms with Crippen molar-refractivity contribution in [3.05, 3.63) is 33.8 Å². The molecule has 2 unspecified atom stereocenters. The summed E-state index contributed by atoms with van der Waals surface area (Å²) >= 11 is 12.5. The van der Waals surface area contributed by atoms with E-state index >= 15 is 0 Å². The predicted molar refractivity (Wildman–Crippen MR) is 83.1 cm³/mol. The van der Waals surface area contributed by atoms with Crippen molar-refractivity contribution in [2.24, 2.45) is 5.92 Å². The summed E-state index contributed by atoms with van der Waals surface area (Å²) in [6.07, 6.45) is 1.20. The Labute approximate surface area is 126 Å². The van der Waals surface area contributed by atoms with Crippen molar-refractivity contribution in [3.63, 3.8) is 0 Å². The quantitative estimate of drug-likeness (QED) is 0.905. The minimum absolute atomic E-state index is 0.359. The number of nitrogens with one attached hydrogen (secondary N) is 1. The molecule has 1 fully saturated rings. The van der Waals surface area contributed by atoms with Crippen LogP contribution in [0.1, 0.15) is 31.9 Å². The Morgan fingerprint density at radius 1 is 1.37 bits per heavy atom. The lowest BCUT2D eigenvalue weighted by molar-refractivity contribution is 0.269. The summed E-state index contributed by atoms with van der Waals surface area (Å²) in [4.78, 5) is 2.38. The van der Waals surface area contributed by atoms with Gasteiger partial charge < -0.3 is 5.32 Å². The zero-order valence-corrected chi connectivity index (χ0v) is 13.3. The standard InChI is InChI=1S/C15H22Cl2N2/c1-10(2)18-9-11-6-7-19(3)15(11)13-8-12(16)4-5-14(13)17/h4-5,8,10-11,15,18H,6-7,9H2,1-3H3. The second-order valence-corrected chi connectivity index (χ2v) is 6.55. The first-order valence-corrected chi connectivity index (χ1v) is 7.63. The highest BCUT2D eigenvalue weighted by molar-refractivity contribution is 6.33. The SMILES string of the molecule is CC(C)NCC1CCN(C)C1c1cc(Cl)ccc1Cl. The Kier molecular flexibility index (Phi) is 5.13. The molecule has 1 aromatic rings. The van der Waals surface area contributed by atoms with Gasteiger partial charge in [0.15, 0.2) is 0 Å². The molecule has 0 aromatic heterocycles. The van der Waals surface area contributed by atoms with Gasteiger partial charge in [-0.1, -0.05) is 37.0 Å². The monoisotopic (exact) mass is 300 g/mol. The van der Waals surface area contributed by atoms with Crippen LogP contribution in [0, 0.1) is 5.92 Å². The summed E-state index contributed by atoms with van der Waals surface area (Å²) in [6.45, 7) is 6.49. The van der Waals surface area contributed by atoms with Gasteiger partial charge in [-0.05, 0) is 49.7 Å². The van der Waals surface area contributed by atoms with Gasteiger partial charge in [0, 0.05) is 28.7 Å². The van der Waals surface area contributed by atoms with Gasteiger partial charge in [-0.15, -0.1) is 0 Å².